The van der Waals surface area contributed by atoms with Gasteiger partial charge in [-0.15, -0.1) is 0 Å². The summed E-state index contributed by atoms with van der Waals surface area (Å²) in [5, 5.41) is 0. The van der Waals surface area contributed by atoms with Crippen molar-refractivity contribution < 1.29 is 19.1 Å². The average molecular weight is 236 g/mol. The Bertz CT molecular complexity index is 372. The molecule has 0 radical (unpaired) electrons. The predicted molar refractivity (Wildman–Crippen MR) is 61.0 cm³/mol. The Morgan fingerprint density at radius 2 is 1.35 bits per heavy atom. The summed E-state index contributed by atoms with van der Waals surface area (Å²) in [6.07, 6.45) is 9.20. The quantitative estimate of drug-likeness (QED) is 0.683. The number of ether oxygens (including phenoxy) is 2. The van der Waals surface area contributed by atoms with E-state index in [2.05, 4.69) is 0 Å². The zero-order valence-electron chi connectivity index (χ0n) is 10.1. The molecule has 0 heterocycles. The van der Waals surface area contributed by atoms with Crippen molar-refractivity contribution >= 4 is 11.9 Å². The van der Waals surface area contributed by atoms with Crippen molar-refractivity contribution in [1.29, 1.82) is 0 Å². The Balaban J connectivity index is 2.54. The average Bonchev–Trinajstić information content (AvgIpc) is 2.78. The molecule has 92 valence electrons. The van der Waals surface area contributed by atoms with E-state index in [1.165, 1.54) is 14.2 Å². The molecule has 1 fully saturated rings. The summed E-state index contributed by atoms with van der Waals surface area (Å²) < 4.78 is 9.76. The fourth-order valence-corrected chi connectivity index (χ4v) is 3.06. The number of rotatable bonds is 2. The van der Waals surface area contributed by atoms with Gasteiger partial charge in [0.25, 0.3) is 0 Å². The molecular formula is C13H16O4. The fraction of sp³-hybridized carbons (Fsp3) is 0.538. The molecule has 4 nitrogen and oxygen atoms in total. The van der Waals surface area contributed by atoms with Gasteiger partial charge in [-0.2, -0.15) is 0 Å². The zero-order valence-corrected chi connectivity index (χ0v) is 10.1. The molecule has 0 unspecified atom stereocenters. The third-order valence-corrected chi connectivity index (χ3v) is 3.91. The summed E-state index contributed by atoms with van der Waals surface area (Å²) in [4.78, 5) is 24.2. The molecule has 2 aliphatic rings. The van der Waals surface area contributed by atoms with Crippen molar-refractivity contribution in [3.05, 3.63) is 24.3 Å². The molecule has 17 heavy (non-hydrogen) atoms. The Kier molecular flexibility index (Phi) is 2.81. The highest BCUT2D eigenvalue weighted by Gasteiger charge is 2.63. The molecule has 0 spiro atoms. The summed E-state index contributed by atoms with van der Waals surface area (Å²) in [5.41, 5.74) is -1.77. The lowest BCUT2D eigenvalue weighted by atomic mass is 9.63. The van der Waals surface area contributed by atoms with E-state index in [-0.39, 0.29) is 11.9 Å². The number of hydrogen-bond acceptors (Lipinski definition) is 4. The second-order valence-electron chi connectivity index (χ2n) is 4.50. The van der Waals surface area contributed by atoms with Crippen molar-refractivity contribution in [1.82, 2.24) is 0 Å². The van der Waals surface area contributed by atoms with Crippen LogP contribution in [0.3, 0.4) is 0 Å². The van der Waals surface area contributed by atoms with Gasteiger partial charge in [0.05, 0.1) is 14.2 Å². The second-order valence-corrected chi connectivity index (χ2v) is 4.50. The minimum Gasteiger partial charge on any atom is -0.468 e. The molecule has 0 amide bonds. The van der Waals surface area contributed by atoms with Crippen LogP contribution < -0.4 is 0 Å². The number of allylic oxidation sites excluding steroid dienone is 2. The van der Waals surface area contributed by atoms with Gasteiger partial charge < -0.3 is 9.47 Å². The molecule has 2 atom stereocenters. The van der Waals surface area contributed by atoms with Crippen molar-refractivity contribution in [2.75, 3.05) is 14.2 Å². The monoisotopic (exact) mass is 236 g/mol. The summed E-state index contributed by atoms with van der Waals surface area (Å²) >= 11 is 0. The first-order chi connectivity index (χ1) is 8.13. The summed E-state index contributed by atoms with van der Waals surface area (Å²) in [5.74, 6) is -0.720. The summed E-state index contributed by atoms with van der Waals surface area (Å²) in [7, 11) is 2.70. The van der Waals surface area contributed by atoms with Crippen LogP contribution in [0, 0.1) is 10.8 Å². The Morgan fingerprint density at radius 1 is 0.941 bits per heavy atom. The third kappa shape index (κ3) is 1.36. The highest BCUT2D eigenvalue weighted by atomic mass is 16.5. The number of carbonyl (C=O) groups is 2. The number of carbonyl (C=O) groups excluding carboxylic acids is 2. The maximum absolute atomic E-state index is 12.1. The third-order valence-electron chi connectivity index (χ3n) is 3.91. The number of esters is 2. The van der Waals surface area contributed by atoms with E-state index in [0.717, 1.165) is 6.42 Å². The highest BCUT2D eigenvalue weighted by molar-refractivity contribution is 5.93. The fourth-order valence-electron chi connectivity index (χ4n) is 3.06. The van der Waals surface area contributed by atoms with E-state index in [1.807, 2.05) is 0 Å². The SMILES string of the molecule is COC(=O)[C@@]12C=CC=C[C@]1(C(=O)OC)CCC2. The van der Waals surface area contributed by atoms with Crippen LogP contribution in [0.5, 0.6) is 0 Å². The van der Waals surface area contributed by atoms with E-state index >= 15 is 0 Å². The minimum absolute atomic E-state index is 0.360. The molecule has 4 heteroatoms. The molecule has 0 aromatic rings. The van der Waals surface area contributed by atoms with Crippen LogP contribution in [0.4, 0.5) is 0 Å². The summed E-state index contributed by atoms with van der Waals surface area (Å²) in [6.45, 7) is 0. The van der Waals surface area contributed by atoms with Crippen LogP contribution in [-0.4, -0.2) is 26.2 Å². The van der Waals surface area contributed by atoms with E-state index in [9.17, 15) is 9.59 Å². The van der Waals surface area contributed by atoms with Gasteiger partial charge in [-0.05, 0) is 12.8 Å². The molecule has 0 N–H and O–H groups in total. The highest BCUT2D eigenvalue weighted by Crippen LogP contribution is 2.57. The van der Waals surface area contributed by atoms with Crippen molar-refractivity contribution in [2.24, 2.45) is 10.8 Å². The van der Waals surface area contributed by atoms with Gasteiger partial charge in [-0.3, -0.25) is 9.59 Å². The Labute approximate surface area is 100 Å². The normalized spacial score (nSPS) is 34.2. The first kappa shape index (κ1) is 11.9. The molecule has 0 saturated heterocycles. The van der Waals surface area contributed by atoms with Crippen LogP contribution in [0.1, 0.15) is 19.3 Å². The maximum Gasteiger partial charge on any atom is 0.317 e. The molecule has 1 saturated carbocycles. The van der Waals surface area contributed by atoms with Gasteiger partial charge in [0.15, 0.2) is 0 Å². The van der Waals surface area contributed by atoms with Gasteiger partial charge in [0.1, 0.15) is 10.8 Å². The second kappa shape index (κ2) is 4.02. The van der Waals surface area contributed by atoms with E-state index < -0.39 is 10.8 Å². The van der Waals surface area contributed by atoms with Crippen molar-refractivity contribution in [3.8, 4) is 0 Å². The summed E-state index contributed by atoms with van der Waals surface area (Å²) in [6, 6.07) is 0. The molecule has 0 bridgehead atoms. The zero-order chi connectivity index (χ0) is 12.5. The lowest BCUT2D eigenvalue weighted by molar-refractivity contribution is -0.167. The first-order valence-corrected chi connectivity index (χ1v) is 5.67. The smallest absolute Gasteiger partial charge is 0.317 e. The van der Waals surface area contributed by atoms with Gasteiger partial charge in [0.2, 0.25) is 0 Å². The van der Waals surface area contributed by atoms with Crippen LogP contribution in [-0.2, 0) is 19.1 Å². The number of methoxy groups -OCH3 is 2. The molecule has 0 aromatic heterocycles. The van der Waals surface area contributed by atoms with Crippen LogP contribution in [0.25, 0.3) is 0 Å². The number of hydrogen-bond donors (Lipinski definition) is 0. The van der Waals surface area contributed by atoms with Crippen LogP contribution in [0.2, 0.25) is 0 Å². The molecule has 2 rings (SSSR count). The van der Waals surface area contributed by atoms with Crippen LogP contribution in [0.15, 0.2) is 24.3 Å². The lowest BCUT2D eigenvalue weighted by Gasteiger charge is -2.39. The molecule has 0 aliphatic heterocycles. The largest absolute Gasteiger partial charge is 0.468 e. The van der Waals surface area contributed by atoms with Gasteiger partial charge in [-0.1, -0.05) is 30.7 Å². The topological polar surface area (TPSA) is 52.6 Å². The minimum atomic E-state index is -0.885. The standard InChI is InChI=1S/C13H16O4/c1-16-10(14)12-6-3-4-7-13(12,9-5-8-12)11(15)17-2/h3-4,6-7H,5,8-9H2,1-2H3/t12-,13+. The predicted octanol–water partition coefficient (Wildman–Crippen LogP) is 1.62. The van der Waals surface area contributed by atoms with Gasteiger partial charge >= 0.3 is 11.9 Å². The van der Waals surface area contributed by atoms with Crippen molar-refractivity contribution in [2.45, 2.75) is 19.3 Å². The number of fused-ring (bicyclic) bond motifs is 1. The Morgan fingerprint density at radius 3 is 1.71 bits per heavy atom. The van der Waals surface area contributed by atoms with Crippen LogP contribution >= 0.6 is 0 Å². The molecule has 2 aliphatic carbocycles. The van der Waals surface area contributed by atoms with Gasteiger partial charge in [0, 0.05) is 0 Å². The molecular weight excluding hydrogens is 220 g/mol. The van der Waals surface area contributed by atoms with Crippen molar-refractivity contribution in [3.63, 3.8) is 0 Å². The van der Waals surface area contributed by atoms with Gasteiger partial charge in [-0.25, -0.2) is 0 Å². The lowest BCUT2D eigenvalue weighted by Crippen LogP contribution is -2.48. The maximum atomic E-state index is 12.1. The van der Waals surface area contributed by atoms with E-state index in [1.54, 1.807) is 24.3 Å². The molecule has 0 aromatic carbocycles. The van der Waals surface area contributed by atoms with E-state index in [0.29, 0.717) is 12.8 Å². The Hall–Kier alpha value is -1.58. The van der Waals surface area contributed by atoms with E-state index in [4.69, 9.17) is 9.47 Å². The first-order valence-electron chi connectivity index (χ1n) is 5.67.